The summed E-state index contributed by atoms with van der Waals surface area (Å²) in [5.74, 6) is 1.53. The van der Waals surface area contributed by atoms with E-state index in [0.717, 1.165) is 36.4 Å². The average molecular weight is 544 g/mol. The number of hydrogen-bond acceptors (Lipinski definition) is 5. The van der Waals surface area contributed by atoms with Crippen LogP contribution < -0.4 is 15.4 Å². The first kappa shape index (κ1) is 27.2. The number of aliphatic imine (C=N–C) groups is 1. The fourth-order valence-electron chi connectivity index (χ4n) is 2.83. The predicted molar refractivity (Wildman–Crippen MR) is 136 cm³/mol. The summed E-state index contributed by atoms with van der Waals surface area (Å²) in [5.41, 5.74) is 0.803. The van der Waals surface area contributed by atoms with Crippen LogP contribution in [-0.4, -0.2) is 66.1 Å². The molecule has 1 heterocycles. The van der Waals surface area contributed by atoms with Gasteiger partial charge in [0.1, 0.15) is 11.4 Å². The topological polar surface area (TPSA) is 86.9 Å². The zero-order valence-electron chi connectivity index (χ0n) is 19.3. The van der Waals surface area contributed by atoms with Gasteiger partial charge in [-0.2, -0.15) is 5.10 Å². The number of ether oxygens (including phenoxy) is 1. The lowest BCUT2D eigenvalue weighted by molar-refractivity contribution is 0.0616. The molecule has 0 aliphatic rings. The van der Waals surface area contributed by atoms with E-state index in [1.165, 1.54) is 0 Å². The number of benzene rings is 1. The third-order valence-corrected chi connectivity index (χ3v) is 4.63. The van der Waals surface area contributed by atoms with Crippen LogP contribution in [0.15, 0.2) is 41.7 Å². The molecule has 1 atom stereocenters. The number of halogens is 1. The summed E-state index contributed by atoms with van der Waals surface area (Å²) in [6.07, 6.45) is 4.49. The van der Waals surface area contributed by atoms with Crippen LogP contribution >= 0.6 is 24.0 Å². The van der Waals surface area contributed by atoms with Crippen molar-refractivity contribution in [3.05, 3.63) is 47.8 Å². The van der Waals surface area contributed by atoms with Crippen molar-refractivity contribution in [2.45, 2.75) is 32.4 Å². The van der Waals surface area contributed by atoms with Gasteiger partial charge < -0.3 is 25.4 Å². The van der Waals surface area contributed by atoms with Crippen LogP contribution in [0.1, 0.15) is 31.4 Å². The number of aryl methyl sites for hydroxylation is 1. The lowest BCUT2D eigenvalue weighted by atomic mass is 10.00. The maximum absolute atomic E-state index is 10.7. The molecule has 0 aliphatic carbocycles. The van der Waals surface area contributed by atoms with E-state index in [1.807, 2.05) is 44.4 Å². The molecule has 0 fully saturated rings. The molecule has 0 saturated heterocycles. The van der Waals surface area contributed by atoms with Gasteiger partial charge in [0.15, 0.2) is 5.96 Å². The second kappa shape index (κ2) is 13.5. The van der Waals surface area contributed by atoms with Crippen molar-refractivity contribution in [3.8, 4) is 5.75 Å². The van der Waals surface area contributed by atoms with Gasteiger partial charge in [0.05, 0.1) is 25.9 Å². The second-order valence-corrected chi connectivity index (χ2v) is 7.87. The summed E-state index contributed by atoms with van der Waals surface area (Å²) >= 11 is 0. The minimum atomic E-state index is -1.05. The lowest BCUT2D eigenvalue weighted by Gasteiger charge is -2.23. The van der Waals surface area contributed by atoms with Crippen molar-refractivity contribution in [2.24, 2.45) is 12.0 Å². The van der Waals surface area contributed by atoms with Crippen molar-refractivity contribution in [1.82, 2.24) is 25.3 Å². The molecule has 0 spiro atoms. The zero-order valence-corrected chi connectivity index (χ0v) is 21.6. The average Bonchev–Trinajstić information content (AvgIpc) is 3.15. The third-order valence-electron chi connectivity index (χ3n) is 4.63. The van der Waals surface area contributed by atoms with E-state index in [-0.39, 0.29) is 24.0 Å². The van der Waals surface area contributed by atoms with E-state index in [9.17, 15) is 5.11 Å². The van der Waals surface area contributed by atoms with Gasteiger partial charge in [-0.25, -0.2) is 4.99 Å². The van der Waals surface area contributed by atoms with E-state index < -0.39 is 5.60 Å². The molecular weight excluding hydrogens is 507 g/mol. The summed E-state index contributed by atoms with van der Waals surface area (Å²) < 4.78 is 7.45. The van der Waals surface area contributed by atoms with Crippen LogP contribution in [0.3, 0.4) is 0 Å². The quantitative estimate of drug-likeness (QED) is 0.174. The van der Waals surface area contributed by atoms with Crippen LogP contribution in [0.25, 0.3) is 0 Å². The van der Waals surface area contributed by atoms with E-state index in [4.69, 9.17) is 4.74 Å². The van der Waals surface area contributed by atoms with Crippen LogP contribution in [0.5, 0.6) is 5.75 Å². The highest BCUT2D eigenvalue weighted by molar-refractivity contribution is 14.0. The number of nitrogens with zero attached hydrogens (tertiary/aromatic N) is 4. The molecule has 1 unspecified atom stereocenters. The molecule has 0 aliphatic heterocycles. The largest absolute Gasteiger partial charge is 0.494 e. The molecule has 31 heavy (non-hydrogen) atoms. The van der Waals surface area contributed by atoms with Gasteiger partial charge in [-0.3, -0.25) is 4.68 Å². The molecule has 1 aromatic carbocycles. The maximum Gasteiger partial charge on any atom is 0.191 e. The first-order valence-electron chi connectivity index (χ1n) is 10.4. The van der Waals surface area contributed by atoms with Crippen LogP contribution in [0, 0.1) is 0 Å². The molecule has 174 valence electrons. The monoisotopic (exact) mass is 544 g/mol. The first-order chi connectivity index (χ1) is 14.3. The smallest absolute Gasteiger partial charge is 0.191 e. The molecule has 3 N–H and O–H groups in total. The highest BCUT2D eigenvalue weighted by Crippen LogP contribution is 2.18. The van der Waals surface area contributed by atoms with E-state index in [2.05, 4.69) is 39.7 Å². The normalized spacial score (nSPS) is 13.5. The zero-order chi connectivity index (χ0) is 22.0. The Morgan fingerprint density at radius 1 is 1.26 bits per heavy atom. The third kappa shape index (κ3) is 9.88. The van der Waals surface area contributed by atoms with E-state index >= 15 is 0 Å². The molecule has 2 rings (SSSR count). The van der Waals surface area contributed by atoms with Gasteiger partial charge in [0.2, 0.25) is 0 Å². The van der Waals surface area contributed by atoms with Crippen LogP contribution in [-0.2, 0) is 19.2 Å². The summed E-state index contributed by atoms with van der Waals surface area (Å²) in [4.78, 5) is 6.78. The number of aliphatic hydroxyl groups is 1. The standard InChI is InChI=1S/C22H36N6O2.HI/c1-6-23-21(25-17-22(2,29)19-15-26-28(5)16-19)24-14-18-8-10-20(11-9-18)30-13-7-12-27(3)4;/h8-11,15-16,29H,6-7,12-14,17H2,1-5H3,(H2,23,24,25);1H. The fourth-order valence-corrected chi connectivity index (χ4v) is 2.83. The van der Waals surface area contributed by atoms with Gasteiger partial charge in [0.25, 0.3) is 0 Å². The summed E-state index contributed by atoms with van der Waals surface area (Å²) in [5, 5.41) is 21.3. The minimum Gasteiger partial charge on any atom is -0.494 e. The number of hydrogen-bond donors (Lipinski definition) is 3. The number of guanidine groups is 1. The van der Waals surface area contributed by atoms with Crippen LogP contribution in [0.4, 0.5) is 0 Å². The highest BCUT2D eigenvalue weighted by Gasteiger charge is 2.24. The van der Waals surface area contributed by atoms with Crippen molar-refractivity contribution in [2.75, 3.05) is 40.3 Å². The molecular formula is C22H37IN6O2. The fraction of sp³-hybridized carbons (Fsp3) is 0.545. The number of rotatable bonds is 11. The molecule has 8 nitrogen and oxygen atoms in total. The summed E-state index contributed by atoms with van der Waals surface area (Å²) in [6.45, 7) is 7.09. The Morgan fingerprint density at radius 3 is 2.55 bits per heavy atom. The number of nitrogens with one attached hydrogen (secondary N) is 2. The van der Waals surface area contributed by atoms with E-state index in [1.54, 1.807) is 17.8 Å². The Kier molecular flexibility index (Phi) is 11.9. The van der Waals surface area contributed by atoms with Gasteiger partial charge in [-0.05, 0) is 52.1 Å². The molecule has 0 amide bonds. The Morgan fingerprint density at radius 2 is 1.97 bits per heavy atom. The molecule has 1 aromatic heterocycles. The van der Waals surface area contributed by atoms with Gasteiger partial charge in [-0.15, -0.1) is 24.0 Å². The summed E-state index contributed by atoms with van der Waals surface area (Å²) in [6, 6.07) is 8.02. The summed E-state index contributed by atoms with van der Waals surface area (Å²) in [7, 11) is 5.95. The Balaban J connectivity index is 0.00000480. The molecule has 0 bridgehead atoms. The minimum absolute atomic E-state index is 0. The highest BCUT2D eigenvalue weighted by atomic mass is 127. The molecule has 2 aromatic rings. The SMILES string of the molecule is CCNC(=NCc1ccc(OCCCN(C)C)cc1)NCC(C)(O)c1cnn(C)c1.I. The van der Waals surface area contributed by atoms with Crippen LogP contribution in [0.2, 0.25) is 0 Å². The van der Waals surface area contributed by atoms with Gasteiger partial charge in [-0.1, -0.05) is 12.1 Å². The predicted octanol–water partition coefficient (Wildman–Crippen LogP) is 2.33. The lowest BCUT2D eigenvalue weighted by Crippen LogP contribution is -2.44. The Bertz CT molecular complexity index is 790. The maximum atomic E-state index is 10.7. The van der Waals surface area contributed by atoms with Crippen molar-refractivity contribution in [3.63, 3.8) is 0 Å². The first-order valence-corrected chi connectivity index (χ1v) is 10.4. The second-order valence-electron chi connectivity index (χ2n) is 7.87. The van der Waals surface area contributed by atoms with Crippen molar-refractivity contribution < 1.29 is 9.84 Å². The molecule has 9 heteroatoms. The Labute approximate surface area is 203 Å². The Hall–Kier alpha value is -1.85. The molecule has 0 saturated carbocycles. The van der Waals surface area contributed by atoms with Gasteiger partial charge >= 0.3 is 0 Å². The number of aromatic nitrogens is 2. The van der Waals surface area contributed by atoms with Crippen molar-refractivity contribution >= 4 is 29.9 Å². The molecule has 0 radical (unpaired) electrons. The van der Waals surface area contributed by atoms with Crippen molar-refractivity contribution in [1.29, 1.82) is 0 Å². The van der Waals surface area contributed by atoms with Gasteiger partial charge in [0, 0.05) is 31.9 Å². The van der Waals surface area contributed by atoms with E-state index in [0.29, 0.717) is 25.7 Å².